The SMILES string of the molecule is COCC(C)(CN)N(C)C(C)C. The average molecular weight is 174 g/mol. The van der Waals surface area contributed by atoms with Gasteiger partial charge in [-0.05, 0) is 27.8 Å². The van der Waals surface area contributed by atoms with Crippen LogP contribution in [0.15, 0.2) is 0 Å². The van der Waals surface area contributed by atoms with E-state index >= 15 is 0 Å². The molecule has 0 radical (unpaired) electrons. The number of methoxy groups -OCH3 is 1. The van der Waals surface area contributed by atoms with Crippen molar-refractivity contribution in [2.24, 2.45) is 5.73 Å². The van der Waals surface area contributed by atoms with Crippen molar-refractivity contribution in [3.05, 3.63) is 0 Å². The highest BCUT2D eigenvalue weighted by Gasteiger charge is 2.29. The van der Waals surface area contributed by atoms with E-state index in [1.54, 1.807) is 7.11 Å². The summed E-state index contributed by atoms with van der Waals surface area (Å²) in [7, 11) is 3.79. The van der Waals surface area contributed by atoms with Crippen molar-refractivity contribution in [2.45, 2.75) is 32.4 Å². The molecule has 0 saturated carbocycles. The van der Waals surface area contributed by atoms with Crippen molar-refractivity contribution < 1.29 is 4.74 Å². The molecule has 0 aromatic heterocycles. The fourth-order valence-corrected chi connectivity index (χ4v) is 1.24. The molecule has 0 spiro atoms. The Hall–Kier alpha value is -0.120. The van der Waals surface area contributed by atoms with E-state index in [9.17, 15) is 0 Å². The van der Waals surface area contributed by atoms with Crippen LogP contribution in [0.2, 0.25) is 0 Å². The van der Waals surface area contributed by atoms with Crippen molar-refractivity contribution in [3.8, 4) is 0 Å². The Kier molecular flexibility index (Phi) is 4.75. The second-order valence-electron chi connectivity index (χ2n) is 3.84. The predicted molar refractivity (Wildman–Crippen MR) is 52.2 cm³/mol. The van der Waals surface area contributed by atoms with Gasteiger partial charge in [-0.1, -0.05) is 0 Å². The average Bonchev–Trinajstić information content (AvgIpc) is 2.03. The number of likely N-dealkylation sites (N-methyl/N-ethyl adjacent to an activating group) is 1. The number of rotatable bonds is 5. The molecule has 0 rings (SSSR count). The minimum Gasteiger partial charge on any atom is -0.383 e. The van der Waals surface area contributed by atoms with Gasteiger partial charge in [0.15, 0.2) is 0 Å². The Morgan fingerprint density at radius 1 is 1.50 bits per heavy atom. The highest BCUT2D eigenvalue weighted by Crippen LogP contribution is 2.14. The summed E-state index contributed by atoms with van der Waals surface area (Å²) in [5, 5.41) is 0. The largest absolute Gasteiger partial charge is 0.383 e. The summed E-state index contributed by atoms with van der Waals surface area (Å²) in [5.41, 5.74) is 5.67. The first-order valence-corrected chi connectivity index (χ1v) is 4.40. The summed E-state index contributed by atoms with van der Waals surface area (Å²) >= 11 is 0. The molecule has 0 heterocycles. The fourth-order valence-electron chi connectivity index (χ4n) is 1.24. The molecule has 2 N–H and O–H groups in total. The molecule has 3 heteroatoms. The van der Waals surface area contributed by atoms with Gasteiger partial charge >= 0.3 is 0 Å². The first kappa shape index (κ1) is 11.9. The molecule has 0 aliphatic heterocycles. The van der Waals surface area contributed by atoms with Gasteiger partial charge in [0, 0.05) is 19.7 Å². The van der Waals surface area contributed by atoms with Crippen LogP contribution < -0.4 is 5.73 Å². The number of ether oxygens (including phenoxy) is 1. The zero-order valence-electron chi connectivity index (χ0n) is 8.92. The maximum absolute atomic E-state index is 5.71. The lowest BCUT2D eigenvalue weighted by Crippen LogP contribution is -2.55. The lowest BCUT2D eigenvalue weighted by molar-refractivity contribution is 0.0262. The third-order valence-electron chi connectivity index (χ3n) is 2.52. The first-order chi connectivity index (χ1) is 5.48. The van der Waals surface area contributed by atoms with E-state index in [4.69, 9.17) is 10.5 Å². The minimum atomic E-state index is -0.0388. The summed E-state index contributed by atoms with van der Waals surface area (Å²) in [4.78, 5) is 2.25. The van der Waals surface area contributed by atoms with Gasteiger partial charge in [-0.25, -0.2) is 0 Å². The van der Waals surface area contributed by atoms with Crippen LogP contribution in [0.25, 0.3) is 0 Å². The predicted octanol–water partition coefficient (Wildman–Crippen LogP) is 0.690. The second-order valence-corrected chi connectivity index (χ2v) is 3.84. The van der Waals surface area contributed by atoms with Crippen LogP contribution in [0.4, 0.5) is 0 Å². The quantitative estimate of drug-likeness (QED) is 0.666. The van der Waals surface area contributed by atoms with Crippen molar-refractivity contribution in [3.63, 3.8) is 0 Å². The first-order valence-electron chi connectivity index (χ1n) is 4.40. The summed E-state index contributed by atoms with van der Waals surface area (Å²) in [6.07, 6.45) is 0. The number of nitrogens with two attached hydrogens (primary N) is 1. The molecule has 12 heavy (non-hydrogen) atoms. The highest BCUT2D eigenvalue weighted by atomic mass is 16.5. The topological polar surface area (TPSA) is 38.5 Å². The Morgan fingerprint density at radius 2 is 2.00 bits per heavy atom. The van der Waals surface area contributed by atoms with E-state index in [1.165, 1.54) is 0 Å². The van der Waals surface area contributed by atoms with Crippen LogP contribution in [-0.4, -0.2) is 43.8 Å². The van der Waals surface area contributed by atoms with Crippen LogP contribution in [-0.2, 0) is 4.74 Å². The Balaban J connectivity index is 4.28. The zero-order valence-corrected chi connectivity index (χ0v) is 8.92. The molecular formula is C9H22N2O. The lowest BCUT2D eigenvalue weighted by Gasteiger charge is -2.40. The van der Waals surface area contributed by atoms with Gasteiger partial charge in [0.2, 0.25) is 0 Å². The van der Waals surface area contributed by atoms with Gasteiger partial charge < -0.3 is 10.5 Å². The van der Waals surface area contributed by atoms with Gasteiger partial charge in [0.05, 0.1) is 12.1 Å². The van der Waals surface area contributed by atoms with Crippen LogP contribution in [0.5, 0.6) is 0 Å². The molecule has 0 amide bonds. The standard InChI is InChI=1S/C9H22N2O/c1-8(2)11(4)9(3,6-10)7-12-5/h8H,6-7,10H2,1-5H3. The van der Waals surface area contributed by atoms with Crippen LogP contribution in [0.1, 0.15) is 20.8 Å². The summed E-state index contributed by atoms with van der Waals surface area (Å²) in [6, 6.07) is 0.494. The normalized spacial score (nSPS) is 17.0. The number of nitrogens with zero attached hydrogens (tertiary/aromatic N) is 1. The molecule has 0 aromatic rings. The molecule has 0 aliphatic carbocycles. The van der Waals surface area contributed by atoms with Crippen molar-refractivity contribution in [2.75, 3.05) is 27.3 Å². The number of hydrogen-bond acceptors (Lipinski definition) is 3. The van der Waals surface area contributed by atoms with E-state index in [0.717, 1.165) is 0 Å². The van der Waals surface area contributed by atoms with Gasteiger partial charge in [-0.3, -0.25) is 4.90 Å². The smallest absolute Gasteiger partial charge is 0.0656 e. The molecule has 3 nitrogen and oxygen atoms in total. The summed E-state index contributed by atoms with van der Waals surface area (Å²) in [5.74, 6) is 0. The van der Waals surface area contributed by atoms with Crippen LogP contribution in [0, 0.1) is 0 Å². The van der Waals surface area contributed by atoms with Crippen molar-refractivity contribution in [1.29, 1.82) is 0 Å². The molecule has 0 aromatic carbocycles. The third kappa shape index (κ3) is 2.73. The van der Waals surface area contributed by atoms with Gasteiger partial charge in [0.25, 0.3) is 0 Å². The third-order valence-corrected chi connectivity index (χ3v) is 2.52. The van der Waals surface area contributed by atoms with E-state index in [-0.39, 0.29) is 5.54 Å². The van der Waals surface area contributed by atoms with E-state index in [0.29, 0.717) is 19.2 Å². The molecule has 0 saturated heterocycles. The van der Waals surface area contributed by atoms with Crippen LogP contribution in [0.3, 0.4) is 0 Å². The molecule has 0 bridgehead atoms. The maximum atomic E-state index is 5.71. The van der Waals surface area contributed by atoms with Gasteiger partial charge in [-0.15, -0.1) is 0 Å². The zero-order chi connectivity index (χ0) is 9.78. The minimum absolute atomic E-state index is 0.0388. The highest BCUT2D eigenvalue weighted by molar-refractivity contribution is 4.86. The Labute approximate surface area is 75.9 Å². The second kappa shape index (κ2) is 4.80. The molecular weight excluding hydrogens is 152 g/mol. The van der Waals surface area contributed by atoms with Crippen LogP contribution >= 0.6 is 0 Å². The van der Waals surface area contributed by atoms with E-state index < -0.39 is 0 Å². The fraction of sp³-hybridized carbons (Fsp3) is 1.00. The van der Waals surface area contributed by atoms with Crippen molar-refractivity contribution in [1.82, 2.24) is 4.90 Å². The van der Waals surface area contributed by atoms with Crippen molar-refractivity contribution >= 4 is 0 Å². The summed E-state index contributed by atoms with van der Waals surface area (Å²) in [6.45, 7) is 7.73. The summed E-state index contributed by atoms with van der Waals surface area (Å²) < 4.78 is 5.15. The molecule has 1 unspecified atom stereocenters. The Bertz CT molecular complexity index is 128. The van der Waals surface area contributed by atoms with Gasteiger partial charge in [-0.2, -0.15) is 0 Å². The van der Waals surface area contributed by atoms with E-state index in [2.05, 4.69) is 32.7 Å². The molecule has 0 fully saturated rings. The molecule has 0 aliphatic rings. The maximum Gasteiger partial charge on any atom is 0.0656 e. The molecule has 74 valence electrons. The van der Waals surface area contributed by atoms with Gasteiger partial charge in [0.1, 0.15) is 0 Å². The number of hydrogen-bond donors (Lipinski definition) is 1. The van der Waals surface area contributed by atoms with E-state index in [1.807, 2.05) is 0 Å². The Morgan fingerprint density at radius 3 is 2.25 bits per heavy atom. The lowest BCUT2D eigenvalue weighted by atomic mass is 10.0. The molecule has 1 atom stereocenters. The monoisotopic (exact) mass is 174 g/mol.